The summed E-state index contributed by atoms with van der Waals surface area (Å²) in [6.45, 7) is 3.36. The van der Waals surface area contributed by atoms with Gasteiger partial charge in [0.25, 0.3) is 0 Å². The van der Waals surface area contributed by atoms with E-state index in [-0.39, 0.29) is 0 Å². The molecule has 2 heterocycles. The fourth-order valence-electron chi connectivity index (χ4n) is 2.05. The predicted molar refractivity (Wildman–Crippen MR) is 44.6 cm³/mol. The van der Waals surface area contributed by atoms with Crippen molar-refractivity contribution in [2.45, 2.75) is 37.7 Å². The van der Waals surface area contributed by atoms with Crippen LogP contribution in [0, 0.1) is 0 Å². The molecule has 2 heteroatoms. The molecule has 11 heavy (non-hydrogen) atoms. The summed E-state index contributed by atoms with van der Waals surface area (Å²) in [6.07, 6.45) is 6.49. The van der Waals surface area contributed by atoms with Gasteiger partial charge in [0.2, 0.25) is 0 Å². The van der Waals surface area contributed by atoms with Crippen LogP contribution in [0.1, 0.15) is 32.1 Å². The molecule has 1 unspecified atom stereocenters. The smallest absolute Gasteiger partial charge is 0.0716 e. The van der Waals surface area contributed by atoms with E-state index in [1.807, 2.05) is 0 Å². The molecule has 2 fully saturated rings. The van der Waals surface area contributed by atoms with Crippen molar-refractivity contribution >= 4 is 0 Å². The quantitative estimate of drug-likeness (QED) is 0.569. The lowest BCUT2D eigenvalue weighted by atomic mass is 9.85. The molecule has 1 N–H and O–H groups in total. The summed E-state index contributed by atoms with van der Waals surface area (Å²) in [5.74, 6) is 0. The average molecular weight is 155 g/mol. The van der Waals surface area contributed by atoms with Gasteiger partial charge < -0.3 is 10.1 Å². The highest BCUT2D eigenvalue weighted by molar-refractivity contribution is 4.88. The highest BCUT2D eigenvalue weighted by Gasteiger charge is 2.37. The van der Waals surface area contributed by atoms with E-state index in [0.717, 1.165) is 13.2 Å². The first kappa shape index (κ1) is 7.56. The van der Waals surface area contributed by atoms with Crippen LogP contribution in [0.25, 0.3) is 0 Å². The van der Waals surface area contributed by atoms with Crippen LogP contribution in [-0.2, 0) is 4.74 Å². The third-order valence-corrected chi connectivity index (χ3v) is 2.96. The molecule has 0 aromatic carbocycles. The average Bonchev–Trinajstić information content (AvgIpc) is 1.82. The molecule has 1 atom stereocenters. The van der Waals surface area contributed by atoms with Gasteiger partial charge in [-0.25, -0.2) is 0 Å². The highest BCUT2D eigenvalue weighted by Crippen LogP contribution is 2.35. The van der Waals surface area contributed by atoms with Crippen LogP contribution >= 0.6 is 0 Å². The second kappa shape index (κ2) is 3.11. The van der Waals surface area contributed by atoms with Gasteiger partial charge >= 0.3 is 0 Å². The molecule has 64 valence electrons. The van der Waals surface area contributed by atoms with Crippen molar-refractivity contribution in [1.82, 2.24) is 5.32 Å². The van der Waals surface area contributed by atoms with Crippen LogP contribution in [0.3, 0.4) is 0 Å². The zero-order valence-corrected chi connectivity index (χ0v) is 7.07. The molecule has 1 spiro atoms. The maximum Gasteiger partial charge on any atom is 0.0716 e. The van der Waals surface area contributed by atoms with Gasteiger partial charge in [0.05, 0.1) is 12.2 Å². The van der Waals surface area contributed by atoms with Gasteiger partial charge in [0.1, 0.15) is 0 Å². The molecular formula is C9H17NO. The number of rotatable bonds is 0. The van der Waals surface area contributed by atoms with Crippen LogP contribution in [-0.4, -0.2) is 25.3 Å². The molecule has 0 radical (unpaired) electrons. The molecule has 0 aromatic rings. The molecule has 0 saturated carbocycles. The first-order valence-electron chi connectivity index (χ1n) is 4.76. The summed E-state index contributed by atoms with van der Waals surface area (Å²) in [7, 11) is 0. The predicted octanol–water partition coefficient (Wildman–Crippen LogP) is 1.31. The maximum absolute atomic E-state index is 5.65. The number of hydrogen-bond donors (Lipinski definition) is 1. The Hall–Kier alpha value is -0.0800. The van der Waals surface area contributed by atoms with Crippen molar-refractivity contribution in [2.24, 2.45) is 0 Å². The van der Waals surface area contributed by atoms with Gasteiger partial charge in [-0.3, -0.25) is 0 Å². The Bertz CT molecular complexity index is 122. The molecule has 2 nitrogen and oxygen atoms in total. The Morgan fingerprint density at radius 1 is 1.00 bits per heavy atom. The standard InChI is InChI=1S/C9H17NO/c1-2-6-10-7-4-9(3-1)5-8-11-9/h10H,1-8H2. The number of nitrogens with one attached hydrogen (secondary N) is 1. The second-order valence-corrected chi connectivity index (χ2v) is 3.74. The largest absolute Gasteiger partial charge is 0.375 e. The van der Waals surface area contributed by atoms with E-state index in [2.05, 4.69) is 5.32 Å². The van der Waals surface area contributed by atoms with Crippen molar-refractivity contribution in [3.8, 4) is 0 Å². The number of hydrogen-bond acceptors (Lipinski definition) is 2. The second-order valence-electron chi connectivity index (χ2n) is 3.74. The minimum Gasteiger partial charge on any atom is -0.375 e. The Kier molecular flexibility index (Phi) is 2.14. The molecule has 2 aliphatic heterocycles. The van der Waals surface area contributed by atoms with Gasteiger partial charge in [-0.05, 0) is 45.2 Å². The third kappa shape index (κ3) is 1.57. The summed E-state index contributed by atoms with van der Waals surface area (Å²) in [5, 5.41) is 3.43. The third-order valence-electron chi connectivity index (χ3n) is 2.96. The van der Waals surface area contributed by atoms with E-state index >= 15 is 0 Å². The van der Waals surface area contributed by atoms with E-state index in [0.29, 0.717) is 5.60 Å². The lowest BCUT2D eigenvalue weighted by Gasteiger charge is -2.43. The summed E-state index contributed by atoms with van der Waals surface area (Å²) in [5.41, 5.74) is 0.313. The summed E-state index contributed by atoms with van der Waals surface area (Å²) in [4.78, 5) is 0. The Balaban J connectivity index is 1.86. The minimum absolute atomic E-state index is 0.313. The lowest BCUT2D eigenvalue weighted by molar-refractivity contribution is -0.157. The van der Waals surface area contributed by atoms with Gasteiger partial charge in [-0.2, -0.15) is 0 Å². The summed E-state index contributed by atoms with van der Waals surface area (Å²) < 4.78 is 5.65. The molecule has 0 bridgehead atoms. The van der Waals surface area contributed by atoms with E-state index in [4.69, 9.17) is 4.74 Å². The minimum atomic E-state index is 0.313. The van der Waals surface area contributed by atoms with Gasteiger partial charge in [-0.1, -0.05) is 0 Å². The SMILES string of the molecule is C1CCC2(CCNC1)CCO2. The zero-order chi connectivity index (χ0) is 7.57. The fourth-order valence-corrected chi connectivity index (χ4v) is 2.05. The highest BCUT2D eigenvalue weighted by atomic mass is 16.5. The van der Waals surface area contributed by atoms with Gasteiger partial charge in [0, 0.05) is 0 Å². The molecule has 2 saturated heterocycles. The van der Waals surface area contributed by atoms with Gasteiger partial charge in [0.15, 0.2) is 0 Å². The summed E-state index contributed by atoms with van der Waals surface area (Å²) >= 11 is 0. The normalized spacial score (nSPS) is 39.3. The Morgan fingerprint density at radius 2 is 1.91 bits per heavy atom. The topological polar surface area (TPSA) is 21.3 Å². The molecule has 0 amide bonds. The molecule has 0 aromatic heterocycles. The molecule has 2 rings (SSSR count). The van der Waals surface area contributed by atoms with Crippen LogP contribution in [0.4, 0.5) is 0 Å². The van der Waals surface area contributed by atoms with Crippen molar-refractivity contribution in [3.63, 3.8) is 0 Å². The first-order chi connectivity index (χ1) is 5.41. The molecular weight excluding hydrogens is 138 g/mol. The monoisotopic (exact) mass is 155 g/mol. The van der Waals surface area contributed by atoms with E-state index in [1.54, 1.807) is 0 Å². The van der Waals surface area contributed by atoms with Crippen molar-refractivity contribution in [3.05, 3.63) is 0 Å². The summed E-state index contributed by atoms with van der Waals surface area (Å²) in [6, 6.07) is 0. The van der Waals surface area contributed by atoms with E-state index in [1.165, 1.54) is 38.6 Å². The van der Waals surface area contributed by atoms with Crippen LogP contribution in [0.5, 0.6) is 0 Å². The zero-order valence-electron chi connectivity index (χ0n) is 7.07. The Labute approximate surface area is 68.3 Å². The van der Waals surface area contributed by atoms with Crippen molar-refractivity contribution < 1.29 is 4.74 Å². The lowest BCUT2D eigenvalue weighted by Crippen LogP contribution is -2.46. The van der Waals surface area contributed by atoms with Crippen LogP contribution in [0.2, 0.25) is 0 Å². The fraction of sp³-hybridized carbons (Fsp3) is 1.00. The van der Waals surface area contributed by atoms with Gasteiger partial charge in [-0.15, -0.1) is 0 Å². The molecule has 0 aliphatic carbocycles. The van der Waals surface area contributed by atoms with Crippen molar-refractivity contribution in [1.29, 1.82) is 0 Å². The molecule has 2 aliphatic rings. The van der Waals surface area contributed by atoms with Crippen LogP contribution < -0.4 is 5.32 Å². The van der Waals surface area contributed by atoms with Crippen LogP contribution in [0.15, 0.2) is 0 Å². The van der Waals surface area contributed by atoms with E-state index in [9.17, 15) is 0 Å². The first-order valence-corrected chi connectivity index (χ1v) is 4.76. The maximum atomic E-state index is 5.65. The number of ether oxygens (including phenoxy) is 1. The Morgan fingerprint density at radius 3 is 2.64 bits per heavy atom. The van der Waals surface area contributed by atoms with E-state index < -0.39 is 0 Å². The van der Waals surface area contributed by atoms with Crippen molar-refractivity contribution in [2.75, 3.05) is 19.7 Å².